The van der Waals surface area contributed by atoms with Crippen LogP contribution in [0.2, 0.25) is 176 Å². The monoisotopic (exact) mass is 2010 g/mol. The lowest BCUT2D eigenvalue weighted by Crippen LogP contribution is -2.75. The number of rotatable bonds is 25. The first kappa shape index (κ1) is 88.7. The Hall–Kier alpha value is 4.49. The largest absolute Gasteiger partial charge is 0.329 e. The second-order valence-corrected chi connectivity index (χ2v) is 33.9. The summed E-state index contributed by atoms with van der Waals surface area (Å²) in [5, 5.41) is -4.35. The molecule has 7 aromatic rings. The lowest BCUT2D eigenvalue weighted by atomic mass is 9.61. The molecule has 5 nitrogen and oxygen atoms in total. The Morgan fingerprint density at radius 1 is 0.196 bits per heavy atom. The third kappa shape index (κ3) is 17.7. The number of nitrogens with one attached hydrogen (secondary N) is 2. The van der Waals surface area contributed by atoms with Gasteiger partial charge in [-0.3, -0.25) is 9.80 Å². The van der Waals surface area contributed by atoms with Crippen LogP contribution in [0.15, 0.2) is 0 Å². The predicted molar refractivity (Wildman–Crippen MR) is 435 cm³/mol. The molecular formula is C57H30Cl35N5. The number of halogens is 35. The normalized spacial score (nSPS) is 12.3. The van der Waals surface area contributed by atoms with E-state index in [0.29, 0.717) is 19.6 Å². The fourth-order valence-corrected chi connectivity index (χ4v) is 19.8. The maximum absolute atomic E-state index is 7.64. The molecule has 0 aromatic heterocycles. The summed E-state index contributed by atoms with van der Waals surface area (Å²) in [4.78, 5) is 3.41. The molecule has 7 rings (SSSR count). The second kappa shape index (κ2) is 37.2. The summed E-state index contributed by atoms with van der Waals surface area (Å²) in [5.41, 5.74) is 0.0907. The van der Waals surface area contributed by atoms with E-state index in [-0.39, 0.29) is 234 Å². The lowest BCUT2D eigenvalue weighted by Gasteiger charge is -2.62. The summed E-state index contributed by atoms with van der Waals surface area (Å²) in [6.45, 7) is -0.938. The molecule has 0 fully saturated rings. The van der Waals surface area contributed by atoms with Crippen molar-refractivity contribution in [1.29, 1.82) is 0 Å². The van der Waals surface area contributed by atoms with Gasteiger partial charge in [0.25, 0.3) is 0 Å². The minimum Gasteiger partial charge on any atom is -0.329 e. The van der Waals surface area contributed by atoms with Gasteiger partial charge in [0.05, 0.1) is 176 Å². The molecule has 7 aromatic carbocycles. The maximum Gasteiger partial charge on any atom is 0.0809 e. The molecule has 0 aliphatic carbocycles. The molecular weight excluding hydrogens is 2000 g/mol. The van der Waals surface area contributed by atoms with Crippen molar-refractivity contribution < 1.29 is 0 Å². The van der Waals surface area contributed by atoms with Crippen LogP contribution in [-0.4, -0.2) is 60.1 Å². The van der Waals surface area contributed by atoms with Crippen LogP contribution < -0.4 is 16.4 Å². The van der Waals surface area contributed by atoms with Crippen LogP contribution in [-0.2, 0) is 45.3 Å². The predicted octanol–water partition coefficient (Wildman–Crippen LogP) is 32.6. The zero-order chi connectivity index (χ0) is 73.0. The zero-order valence-electron chi connectivity index (χ0n) is 46.9. The maximum atomic E-state index is 7.64. The molecule has 0 saturated heterocycles. The summed E-state index contributed by atoms with van der Waals surface area (Å²) in [5.74, 6) is 0. The van der Waals surface area contributed by atoms with Crippen molar-refractivity contribution in [3.8, 4) is 0 Å². The summed E-state index contributed by atoms with van der Waals surface area (Å²) in [6.07, 6.45) is -2.95. The van der Waals surface area contributed by atoms with Gasteiger partial charge >= 0.3 is 0 Å². The van der Waals surface area contributed by atoms with E-state index in [1.165, 1.54) is 0 Å². The molecule has 0 unspecified atom stereocenters. The van der Waals surface area contributed by atoms with Crippen molar-refractivity contribution in [2.24, 2.45) is 5.73 Å². The van der Waals surface area contributed by atoms with Gasteiger partial charge in [-0.1, -0.05) is 406 Å². The Bertz CT molecular complexity index is 3880. The van der Waals surface area contributed by atoms with Crippen LogP contribution in [0.4, 0.5) is 0 Å². The van der Waals surface area contributed by atoms with Gasteiger partial charge in [0, 0.05) is 86.7 Å². The van der Waals surface area contributed by atoms with Crippen molar-refractivity contribution >= 4 is 406 Å². The van der Waals surface area contributed by atoms with Gasteiger partial charge < -0.3 is 16.4 Å². The average Bonchev–Trinajstić information content (AvgIpc) is 0.699. The van der Waals surface area contributed by atoms with Gasteiger partial charge in [0.15, 0.2) is 0 Å². The van der Waals surface area contributed by atoms with Gasteiger partial charge in [-0.15, -0.1) is 0 Å². The Kier molecular flexibility index (Phi) is 34.0. The quantitative estimate of drug-likeness (QED) is 0.0302. The zero-order valence-corrected chi connectivity index (χ0v) is 73.4. The molecule has 0 atom stereocenters. The van der Waals surface area contributed by atoms with Gasteiger partial charge in [0.2, 0.25) is 0 Å². The van der Waals surface area contributed by atoms with Gasteiger partial charge in [-0.05, 0) is 47.9 Å². The minimum atomic E-state index is -2.51. The fraction of sp³-hybridized carbons (Fsp3) is 0.263. The Labute approximate surface area is 732 Å². The highest BCUT2D eigenvalue weighted by Crippen LogP contribution is 2.60. The third-order valence-electron chi connectivity index (χ3n) is 15.5. The average molecular weight is 2030 g/mol. The summed E-state index contributed by atoms with van der Waals surface area (Å²) in [7, 11) is 0. The Morgan fingerprint density at radius 2 is 0.351 bits per heavy atom. The van der Waals surface area contributed by atoms with Gasteiger partial charge in [-0.25, -0.2) is 0 Å². The number of nitrogens with zero attached hydrogens (tertiary/aromatic N) is 2. The summed E-state index contributed by atoms with van der Waals surface area (Å²) >= 11 is 254. The first-order chi connectivity index (χ1) is 45.1. The molecule has 0 radical (unpaired) electrons. The molecule has 97 heavy (non-hydrogen) atoms. The SMILES string of the molecule is NCCNCCNCCN(Cc1c(Cl)c(Cl)c(Cl)c(Cl)c1Cl)C(Cc1c(Cl)c(Cl)c(Cl)c(Cl)c1Cl)(Cc1c(Cl)c(Cl)c(Cl)c(Cl)c1Cl)C(Cc1c(Cl)c(Cl)c(Cl)c(Cl)c1Cl)(Cc1c(Cl)c(Cl)c(Cl)c(Cl)c1Cl)N(Cc1c(Cl)c(Cl)c(Cl)c(Cl)c1Cl)Cc1c(Cl)c(Cl)c(Cl)c(Cl)c1Cl. The minimum absolute atomic E-state index is 0.0297. The molecule has 0 amide bonds. The van der Waals surface area contributed by atoms with E-state index in [0.717, 1.165) is 0 Å². The molecule has 0 heterocycles. The molecule has 0 saturated carbocycles. The first-order valence-electron chi connectivity index (χ1n) is 26.3. The highest BCUT2D eigenvalue weighted by molar-refractivity contribution is 6.61. The van der Waals surface area contributed by atoms with Crippen LogP contribution in [0.5, 0.6) is 0 Å². The molecule has 40 heteroatoms. The fourth-order valence-electron chi connectivity index (χ4n) is 10.7. The third-order valence-corrected chi connectivity index (χ3v) is 31.9. The van der Waals surface area contributed by atoms with Gasteiger partial charge in [-0.2, -0.15) is 0 Å². The molecule has 4 N–H and O–H groups in total. The van der Waals surface area contributed by atoms with Crippen molar-refractivity contribution in [2.45, 2.75) is 56.4 Å². The number of benzene rings is 7. The van der Waals surface area contributed by atoms with Crippen molar-refractivity contribution in [2.75, 3.05) is 39.3 Å². The van der Waals surface area contributed by atoms with Crippen molar-refractivity contribution in [3.63, 3.8) is 0 Å². The van der Waals surface area contributed by atoms with E-state index < -0.39 is 56.4 Å². The Morgan fingerprint density at radius 3 is 0.546 bits per heavy atom. The molecule has 528 valence electrons. The van der Waals surface area contributed by atoms with E-state index in [1.54, 1.807) is 9.80 Å². The topological polar surface area (TPSA) is 56.6 Å². The van der Waals surface area contributed by atoms with E-state index in [2.05, 4.69) is 10.6 Å². The smallest absolute Gasteiger partial charge is 0.0809 e. The second-order valence-electron chi connectivity index (χ2n) is 20.7. The van der Waals surface area contributed by atoms with Crippen molar-refractivity contribution in [3.05, 3.63) is 215 Å². The Balaban J connectivity index is 2.01. The van der Waals surface area contributed by atoms with E-state index >= 15 is 0 Å². The van der Waals surface area contributed by atoms with Crippen LogP contribution in [0.1, 0.15) is 38.9 Å². The standard InChI is InChI=1S/C57H30Cl35N5/c58-21-14(22(59)36(73)49(86)35(21)72)7-56(8-15-23(60)37(74)50(87)38(75)24(15)61,96(6-5-95-4-3-94-2-1-93)11-18-29(66)43(80)53(90)44(81)30(18)67)57(9-16-25(62)39(76)51(88)40(77)26(16)63,10-17-27(64)41(78)52(89)42(79)28(17)65)97(12-19-31(68)45(82)54(91)46(83)32(19)69)13-20-33(70)47(84)55(92)48(85)34(20)71/h94-95H,1-13,93H2. The van der Waals surface area contributed by atoms with E-state index in [9.17, 15) is 0 Å². The molecule has 0 spiro atoms. The molecule has 0 aliphatic rings. The number of hydrogen-bond donors (Lipinski definition) is 3. The van der Waals surface area contributed by atoms with Crippen LogP contribution >= 0.6 is 406 Å². The number of hydrogen-bond acceptors (Lipinski definition) is 5. The first-order valence-corrected chi connectivity index (χ1v) is 39.5. The van der Waals surface area contributed by atoms with Crippen LogP contribution in [0.25, 0.3) is 0 Å². The van der Waals surface area contributed by atoms with E-state index in [4.69, 9.17) is 412 Å². The van der Waals surface area contributed by atoms with Gasteiger partial charge in [0.1, 0.15) is 0 Å². The highest BCUT2D eigenvalue weighted by Gasteiger charge is 2.60. The van der Waals surface area contributed by atoms with Crippen molar-refractivity contribution in [1.82, 2.24) is 20.4 Å². The van der Waals surface area contributed by atoms with Crippen LogP contribution in [0, 0.1) is 0 Å². The summed E-state index contributed by atoms with van der Waals surface area (Å²) < 4.78 is 0. The van der Waals surface area contributed by atoms with E-state index in [1.807, 2.05) is 0 Å². The molecule has 0 bridgehead atoms. The summed E-state index contributed by atoms with van der Waals surface area (Å²) in [6, 6.07) is 0. The number of nitrogens with two attached hydrogens (primary N) is 1. The van der Waals surface area contributed by atoms with Crippen LogP contribution in [0.3, 0.4) is 0 Å². The molecule has 0 aliphatic heterocycles. The lowest BCUT2D eigenvalue weighted by molar-refractivity contribution is -0.0909. The highest BCUT2D eigenvalue weighted by atomic mass is 35.5.